The molecule has 44 valence electrons. The van der Waals surface area contributed by atoms with Crippen molar-refractivity contribution < 1.29 is 4.39 Å². The normalized spacial score (nSPS) is 9.88. The van der Waals surface area contributed by atoms with E-state index in [1.807, 2.05) is 0 Å². The number of hydrogen-bond donors (Lipinski definition) is 0. The maximum absolute atomic E-state index is 12.2. The van der Waals surface area contributed by atoms with Crippen molar-refractivity contribution in [3.8, 4) is 0 Å². The second-order valence-electron chi connectivity index (χ2n) is 1.44. The van der Waals surface area contributed by atoms with Gasteiger partial charge in [0.15, 0.2) is 0 Å². The molecule has 0 atom stereocenters. The fourth-order valence-corrected chi connectivity index (χ4v) is 0.581. The molecule has 1 rings (SSSR count). The van der Waals surface area contributed by atoms with Gasteiger partial charge in [-0.25, -0.2) is 4.98 Å². The highest BCUT2D eigenvalue weighted by Gasteiger charge is 2.00. The molecular weight excluding hydrogens is 175 g/mol. The Labute approximate surface area is 54.5 Å². The topological polar surface area (TPSA) is 17.8 Å². The predicted octanol–water partition coefficient (Wildman–Crippen LogP) is 1.32. The molecule has 0 saturated heterocycles. The largest absolute Gasteiger partial charge is 0.326 e. The van der Waals surface area contributed by atoms with Crippen molar-refractivity contribution in [2.75, 3.05) is 0 Å². The van der Waals surface area contributed by atoms with Gasteiger partial charge in [-0.05, 0) is 15.9 Å². The Bertz CT molecular complexity index is 176. The second kappa shape index (κ2) is 1.85. The molecule has 1 heterocycles. The SMILES string of the molecule is Cn1cnc(F)c1Br. The summed E-state index contributed by atoms with van der Waals surface area (Å²) in [5.74, 6) is -0.465. The van der Waals surface area contributed by atoms with Gasteiger partial charge in [-0.2, -0.15) is 4.39 Å². The lowest BCUT2D eigenvalue weighted by molar-refractivity contribution is 0.581. The number of imidazole rings is 1. The van der Waals surface area contributed by atoms with E-state index in [1.165, 1.54) is 6.33 Å². The number of hydrogen-bond acceptors (Lipinski definition) is 1. The highest BCUT2D eigenvalue weighted by molar-refractivity contribution is 9.10. The molecule has 1 aromatic rings. The molecule has 0 saturated carbocycles. The summed E-state index contributed by atoms with van der Waals surface area (Å²) in [5, 5.41) is 0. The maximum atomic E-state index is 12.2. The van der Waals surface area contributed by atoms with Crippen molar-refractivity contribution in [2.45, 2.75) is 0 Å². The first kappa shape index (κ1) is 5.75. The number of halogens is 2. The summed E-state index contributed by atoms with van der Waals surface area (Å²) in [6, 6.07) is 0. The molecule has 0 unspecified atom stereocenters. The number of aryl methyl sites for hydroxylation is 1. The molecule has 0 N–H and O–H groups in total. The second-order valence-corrected chi connectivity index (χ2v) is 2.19. The van der Waals surface area contributed by atoms with E-state index in [1.54, 1.807) is 11.6 Å². The van der Waals surface area contributed by atoms with Gasteiger partial charge in [-0.15, -0.1) is 0 Å². The van der Waals surface area contributed by atoms with Crippen molar-refractivity contribution in [3.05, 3.63) is 16.9 Å². The molecule has 4 heteroatoms. The van der Waals surface area contributed by atoms with Gasteiger partial charge >= 0.3 is 0 Å². The van der Waals surface area contributed by atoms with Crippen LogP contribution in [0.4, 0.5) is 4.39 Å². The van der Waals surface area contributed by atoms with Crippen LogP contribution in [0, 0.1) is 5.95 Å². The quantitative estimate of drug-likeness (QED) is 0.587. The van der Waals surface area contributed by atoms with E-state index in [4.69, 9.17) is 0 Å². The van der Waals surface area contributed by atoms with Crippen LogP contribution in [0.25, 0.3) is 0 Å². The van der Waals surface area contributed by atoms with E-state index >= 15 is 0 Å². The zero-order chi connectivity index (χ0) is 6.15. The van der Waals surface area contributed by atoms with E-state index < -0.39 is 5.95 Å². The third-order valence-corrected chi connectivity index (χ3v) is 1.71. The molecule has 0 bridgehead atoms. The Morgan fingerprint density at radius 3 is 2.62 bits per heavy atom. The average molecular weight is 179 g/mol. The molecule has 0 aliphatic heterocycles. The van der Waals surface area contributed by atoms with Crippen molar-refractivity contribution in [2.24, 2.45) is 7.05 Å². The zero-order valence-electron chi connectivity index (χ0n) is 4.23. The van der Waals surface area contributed by atoms with Crippen molar-refractivity contribution >= 4 is 15.9 Å². The summed E-state index contributed by atoms with van der Waals surface area (Å²) >= 11 is 2.97. The van der Waals surface area contributed by atoms with Crippen LogP contribution in [0.2, 0.25) is 0 Å². The summed E-state index contributed by atoms with van der Waals surface area (Å²) in [4.78, 5) is 3.37. The average Bonchev–Trinajstić information content (AvgIpc) is 1.98. The first-order chi connectivity index (χ1) is 3.72. The van der Waals surface area contributed by atoms with Gasteiger partial charge in [0.2, 0.25) is 5.95 Å². The van der Waals surface area contributed by atoms with E-state index in [9.17, 15) is 4.39 Å². The van der Waals surface area contributed by atoms with Crippen LogP contribution in [-0.4, -0.2) is 9.55 Å². The zero-order valence-corrected chi connectivity index (χ0v) is 5.81. The lowest BCUT2D eigenvalue weighted by atomic mass is 10.9. The molecule has 2 nitrogen and oxygen atoms in total. The molecule has 0 aromatic carbocycles. The lowest BCUT2D eigenvalue weighted by Crippen LogP contribution is -1.82. The van der Waals surface area contributed by atoms with Crippen LogP contribution < -0.4 is 0 Å². The summed E-state index contributed by atoms with van der Waals surface area (Å²) in [7, 11) is 1.71. The first-order valence-electron chi connectivity index (χ1n) is 2.04. The third-order valence-electron chi connectivity index (χ3n) is 0.824. The van der Waals surface area contributed by atoms with Gasteiger partial charge in [0.05, 0.1) is 6.33 Å². The molecule has 0 amide bonds. The fourth-order valence-electron chi connectivity index (χ4n) is 0.387. The van der Waals surface area contributed by atoms with Crippen LogP contribution in [0.1, 0.15) is 0 Å². The molecular formula is C4H4BrFN2. The molecule has 1 aromatic heterocycles. The minimum Gasteiger partial charge on any atom is -0.326 e. The minimum absolute atomic E-state index is 0.387. The minimum atomic E-state index is -0.465. The Morgan fingerprint density at radius 2 is 2.50 bits per heavy atom. The van der Waals surface area contributed by atoms with E-state index in [0.717, 1.165) is 0 Å². The van der Waals surface area contributed by atoms with E-state index in [2.05, 4.69) is 20.9 Å². The van der Waals surface area contributed by atoms with Gasteiger partial charge in [0.1, 0.15) is 4.60 Å². The summed E-state index contributed by atoms with van der Waals surface area (Å²) in [5.41, 5.74) is 0. The van der Waals surface area contributed by atoms with Gasteiger partial charge in [-0.1, -0.05) is 0 Å². The Balaban J connectivity index is 3.19. The van der Waals surface area contributed by atoms with Crippen molar-refractivity contribution in [3.63, 3.8) is 0 Å². The van der Waals surface area contributed by atoms with Gasteiger partial charge in [-0.3, -0.25) is 0 Å². The summed E-state index contributed by atoms with van der Waals surface area (Å²) in [6.45, 7) is 0. The van der Waals surface area contributed by atoms with Crippen LogP contribution in [0.3, 0.4) is 0 Å². The monoisotopic (exact) mass is 178 g/mol. The number of nitrogens with zero attached hydrogens (tertiary/aromatic N) is 2. The maximum Gasteiger partial charge on any atom is 0.245 e. The molecule has 0 spiro atoms. The fraction of sp³-hybridized carbons (Fsp3) is 0.250. The molecule has 0 aliphatic rings. The molecule has 0 aliphatic carbocycles. The Morgan fingerprint density at radius 1 is 1.88 bits per heavy atom. The van der Waals surface area contributed by atoms with Crippen LogP contribution in [0.5, 0.6) is 0 Å². The third kappa shape index (κ3) is 0.753. The van der Waals surface area contributed by atoms with Crippen LogP contribution in [-0.2, 0) is 7.05 Å². The summed E-state index contributed by atoms with van der Waals surface area (Å²) < 4.78 is 14.1. The van der Waals surface area contributed by atoms with Gasteiger partial charge in [0.25, 0.3) is 0 Å². The van der Waals surface area contributed by atoms with Crippen LogP contribution in [0.15, 0.2) is 10.9 Å². The van der Waals surface area contributed by atoms with E-state index in [-0.39, 0.29) is 0 Å². The lowest BCUT2D eigenvalue weighted by Gasteiger charge is -1.86. The Kier molecular flexibility index (Phi) is 1.33. The molecule has 0 fully saturated rings. The standard InChI is InChI=1S/C4H4BrFN2/c1-8-2-7-4(6)3(8)5/h2H,1H3. The smallest absolute Gasteiger partial charge is 0.245 e. The number of rotatable bonds is 0. The van der Waals surface area contributed by atoms with Crippen molar-refractivity contribution in [1.29, 1.82) is 0 Å². The van der Waals surface area contributed by atoms with E-state index in [0.29, 0.717) is 4.60 Å². The van der Waals surface area contributed by atoms with Crippen LogP contribution >= 0.6 is 15.9 Å². The van der Waals surface area contributed by atoms with Gasteiger partial charge in [0, 0.05) is 7.05 Å². The molecule has 0 radical (unpaired) electrons. The van der Waals surface area contributed by atoms with Gasteiger partial charge < -0.3 is 4.57 Å². The highest BCUT2D eigenvalue weighted by atomic mass is 79.9. The molecule has 8 heavy (non-hydrogen) atoms. The number of aromatic nitrogens is 2. The van der Waals surface area contributed by atoms with Crippen molar-refractivity contribution in [1.82, 2.24) is 9.55 Å². The first-order valence-corrected chi connectivity index (χ1v) is 2.83. The Hall–Kier alpha value is -0.380. The predicted molar refractivity (Wildman–Crippen MR) is 30.9 cm³/mol. The summed E-state index contributed by atoms with van der Waals surface area (Å²) in [6.07, 6.45) is 1.40. The highest BCUT2D eigenvalue weighted by Crippen LogP contribution is 2.10.